The third kappa shape index (κ3) is 3.83. The van der Waals surface area contributed by atoms with E-state index in [2.05, 4.69) is 28.9 Å². The summed E-state index contributed by atoms with van der Waals surface area (Å²) >= 11 is 3.56. The molecule has 1 aliphatic heterocycles. The number of hydrogen-bond acceptors (Lipinski definition) is 2. The Labute approximate surface area is 129 Å². The highest BCUT2D eigenvalue weighted by molar-refractivity contribution is 9.10. The fourth-order valence-electron chi connectivity index (χ4n) is 2.80. The van der Waals surface area contributed by atoms with Gasteiger partial charge in [0.25, 0.3) is 0 Å². The van der Waals surface area contributed by atoms with Crippen molar-refractivity contribution in [2.75, 3.05) is 13.1 Å². The lowest BCUT2D eigenvalue weighted by molar-refractivity contribution is -0.136. The van der Waals surface area contributed by atoms with Gasteiger partial charge < -0.3 is 10.6 Å². The van der Waals surface area contributed by atoms with Crippen molar-refractivity contribution in [3.63, 3.8) is 0 Å². The first-order chi connectivity index (χ1) is 9.61. The van der Waals surface area contributed by atoms with E-state index in [1.807, 2.05) is 23.1 Å². The van der Waals surface area contributed by atoms with Gasteiger partial charge in [0.15, 0.2) is 0 Å². The van der Waals surface area contributed by atoms with Crippen LogP contribution >= 0.6 is 15.9 Å². The van der Waals surface area contributed by atoms with Crippen molar-refractivity contribution in [2.45, 2.75) is 38.6 Å². The maximum absolute atomic E-state index is 12.6. The number of rotatable bonds is 4. The Kier molecular flexibility index (Phi) is 5.61. The Balaban J connectivity index is 2.04. The number of benzene rings is 1. The zero-order chi connectivity index (χ0) is 14.5. The second-order valence-corrected chi connectivity index (χ2v) is 6.44. The lowest BCUT2D eigenvalue weighted by atomic mass is 9.94. The van der Waals surface area contributed by atoms with E-state index in [-0.39, 0.29) is 17.9 Å². The molecule has 1 saturated heterocycles. The molecule has 0 spiro atoms. The molecule has 1 heterocycles. The normalized spacial score (nSPS) is 20.8. The molecule has 20 heavy (non-hydrogen) atoms. The van der Waals surface area contributed by atoms with Crippen molar-refractivity contribution in [1.82, 2.24) is 4.90 Å². The molecule has 4 heteroatoms. The average Bonchev–Trinajstić information content (AvgIpc) is 2.46. The van der Waals surface area contributed by atoms with Gasteiger partial charge in [-0.05, 0) is 37.3 Å². The molecule has 1 aromatic rings. The fraction of sp³-hybridized carbons (Fsp3) is 0.562. The minimum absolute atomic E-state index is 0.0546. The molecule has 1 aromatic carbocycles. The summed E-state index contributed by atoms with van der Waals surface area (Å²) in [7, 11) is 0. The van der Waals surface area contributed by atoms with Crippen molar-refractivity contribution in [2.24, 2.45) is 11.7 Å². The Morgan fingerprint density at radius 2 is 2.25 bits per heavy atom. The molecular weight excluding hydrogens is 316 g/mol. The van der Waals surface area contributed by atoms with Crippen molar-refractivity contribution < 1.29 is 4.79 Å². The van der Waals surface area contributed by atoms with Crippen molar-refractivity contribution in [3.8, 4) is 0 Å². The second-order valence-electron chi connectivity index (χ2n) is 5.59. The summed E-state index contributed by atoms with van der Waals surface area (Å²) in [6, 6.07) is 8.29. The van der Waals surface area contributed by atoms with E-state index in [9.17, 15) is 4.79 Å². The molecule has 3 nitrogen and oxygen atoms in total. The molecular formula is C16H23BrN2O. The molecule has 0 aliphatic carbocycles. The summed E-state index contributed by atoms with van der Waals surface area (Å²) in [5, 5.41) is 0. The molecule has 0 aromatic heterocycles. The van der Waals surface area contributed by atoms with Crippen LogP contribution in [0, 0.1) is 5.92 Å². The Morgan fingerprint density at radius 3 is 2.90 bits per heavy atom. The Hall–Kier alpha value is -0.870. The highest BCUT2D eigenvalue weighted by Gasteiger charge is 2.27. The quantitative estimate of drug-likeness (QED) is 0.917. The third-order valence-corrected chi connectivity index (χ3v) is 4.81. The number of carbonyl (C=O) groups is 1. The Morgan fingerprint density at radius 1 is 1.50 bits per heavy atom. The van der Waals surface area contributed by atoms with Crippen LogP contribution in [0.2, 0.25) is 0 Å². The molecule has 1 amide bonds. The van der Waals surface area contributed by atoms with Crippen LogP contribution < -0.4 is 5.73 Å². The number of hydrogen-bond donors (Lipinski definition) is 1. The number of halogens is 1. The summed E-state index contributed by atoms with van der Waals surface area (Å²) in [5.41, 5.74) is 7.18. The van der Waals surface area contributed by atoms with Crippen LogP contribution in [0.1, 0.15) is 31.7 Å². The minimum Gasteiger partial charge on any atom is -0.341 e. The molecule has 1 fully saturated rings. The molecule has 2 atom stereocenters. The van der Waals surface area contributed by atoms with Gasteiger partial charge in [-0.25, -0.2) is 0 Å². The maximum Gasteiger partial charge on any atom is 0.226 e. The molecule has 2 rings (SSSR count). The van der Waals surface area contributed by atoms with Gasteiger partial charge in [-0.3, -0.25) is 4.79 Å². The van der Waals surface area contributed by atoms with Crippen molar-refractivity contribution in [1.29, 1.82) is 0 Å². The lowest BCUT2D eigenvalue weighted by Crippen LogP contribution is -2.48. The summed E-state index contributed by atoms with van der Waals surface area (Å²) in [6.45, 7) is 3.66. The summed E-state index contributed by atoms with van der Waals surface area (Å²) in [5.74, 6) is 0.317. The van der Waals surface area contributed by atoms with E-state index in [4.69, 9.17) is 5.73 Å². The van der Waals surface area contributed by atoms with Crippen LogP contribution in [-0.2, 0) is 11.2 Å². The van der Waals surface area contributed by atoms with Crippen LogP contribution in [0.25, 0.3) is 0 Å². The minimum atomic E-state index is 0.0546. The first-order valence-corrected chi connectivity index (χ1v) is 8.19. The smallest absolute Gasteiger partial charge is 0.226 e. The van der Waals surface area contributed by atoms with E-state index in [0.717, 1.165) is 36.7 Å². The van der Waals surface area contributed by atoms with Crippen molar-refractivity contribution >= 4 is 21.8 Å². The average molecular weight is 339 g/mol. The van der Waals surface area contributed by atoms with E-state index < -0.39 is 0 Å². The van der Waals surface area contributed by atoms with Gasteiger partial charge in [0, 0.05) is 29.5 Å². The number of amides is 1. The van der Waals surface area contributed by atoms with Crippen LogP contribution in [0.3, 0.4) is 0 Å². The number of piperidine rings is 1. The van der Waals surface area contributed by atoms with Gasteiger partial charge in [0.2, 0.25) is 5.91 Å². The predicted molar refractivity (Wildman–Crippen MR) is 85.4 cm³/mol. The molecule has 0 saturated carbocycles. The zero-order valence-electron chi connectivity index (χ0n) is 12.0. The largest absolute Gasteiger partial charge is 0.341 e. The van der Waals surface area contributed by atoms with Crippen LogP contribution in [0.5, 0.6) is 0 Å². The molecule has 110 valence electrons. The van der Waals surface area contributed by atoms with E-state index in [1.165, 1.54) is 5.56 Å². The molecule has 0 bridgehead atoms. The van der Waals surface area contributed by atoms with Crippen LogP contribution in [0.4, 0.5) is 0 Å². The predicted octanol–water partition coefficient (Wildman–Crippen LogP) is 2.97. The SMILES string of the molecule is CC[C@H](Cc1ccccc1Br)C(=O)N1CCC[C@H](N)C1. The summed E-state index contributed by atoms with van der Waals surface area (Å²) in [6.07, 6.45) is 3.72. The first kappa shape index (κ1) is 15.5. The number of carbonyl (C=O) groups excluding carboxylic acids is 1. The van der Waals surface area contributed by atoms with Gasteiger partial charge >= 0.3 is 0 Å². The molecule has 2 N–H and O–H groups in total. The molecule has 0 unspecified atom stereocenters. The van der Waals surface area contributed by atoms with E-state index in [0.29, 0.717) is 6.54 Å². The third-order valence-electron chi connectivity index (χ3n) is 4.04. The number of nitrogens with two attached hydrogens (primary N) is 1. The van der Waals surface area contributed by atoms with Crippen molar-refractivity contribution in [3.05, 3.63) is 34.3 Å². The van der Waals surface area contributed by atoms with Crippen LogP contribution in [-0.4, -0.2) is 29.9 Å². The van der Waals surface area contributed by atoms with Gasteiger partial charge in [0.1, 0.15) is 0 Å². The number of nitrogens with zero attached hydrogens (tertiary/aromatic N) is 1. The number of likely N-dealkylation sites (tertiary alicyclic amines) is 1. The van der Waals surface area contributed by atoms with Gasteiger partial charge in [-0.2, -0.15) is 0 Å². The second kappa shape index (κ2) is 7.23. The molecule has 0 radical (unpaired) electrons. The highest BCUT2D eigenvalue weighted by Crippen LogP contribution is 2.23. The van der Waals surface area contributed by atoms with E-state index in [1.54, 1.807) is 0 Å². The maximum atomic E-state index is 12.6. The first-order valence-electron chi connectivity index (χ1n) is 7.39. The lowest BCUT2D eigenvalue weighted by Gasteiger charge is -2.33. The highest BCUT2D eigenvalue weighted by atomic mass is 79.9. The Bertz CT molecular complexity index is 464. The summed E-state index contributed by atoms with van der Waals surface area (Å²) < 4.78 is 1.08. The van der Waals surface area contributed by atoms with Gasteiger partial charge in [-0.1, -0.05) is 41.1 Å². The molecule has 1 aliphatic rings. The standard InChI is InChI=1S/C16H23BrN2O/c1-2-12(10-13-6-3-4-8-15(13)17)16(20)19-9-5-7-14(18)11-19/h3-4,6,8,12,14H,2,5,7,9-11,18H2,1H3/t12-,14+/m1/s1. The zero-order valence-corrected chi connectivity index (χ0v) is 13.6. The summed E-state index contributed by atoms with van der Waals surface area (Å²) in [4.78, 5) is 14.6. The monoisotopic (exact) mass is 338 g/mol. The van der Waals surface area contributed by atoms with Gasteiger partial charge in [0.05, 0.1) is 0 Å². The van der Waals surface area contributed by atoms with E-state index >= 15 is 0 Å². The van der Waals surface area contributed by atoms with Gasteiger partial charge in [-0.15, -0.1) is 0 Å². The fourth-order valence-corrected chi connectivity index (χ4v) is 3.25. The topological polar surface area (TPSA) is 46.3 Å². The van der Waals surface area contributed by atoms with Crippen LogP contribution in [0.15, 0.2) is 28.7 Å².